The quantitative estimate of drug-likeness (QED) is 0.821. The molecule has 0 radical (unpaired) electrons. The largest absolute Gasteiger partial charge is 0.389 e. The fraction of sp³-hybridized carbons (Fsp3) is 0.417. The molecule has 0 aromatic heterocycles. The Morgan fingerprint density at radius 1 is 1.50 bits per heavy atom. The molecular formula is C12H16FNO2. The minimum atomic E-state index is -1.00. The summed E-state index contributed by atoms with van der Waals surface area (Å²) in [5.74, 6) is -1.06. The Bertz CT molecular complexity index is 396. The lowest BCUT2D eigenvalue weighted by molar-refractivity contribution is 0.0692. The Hall–Kier alpha value is -1.42. The van der Waals surface area contributed by atoms with E-state index in [2.05, 4.69) is 5.32 Å². The van der Waals surface area contributed by atoms with Gasteiger partial charge in [0, 0.05) is 6.54 Å². The summed E-state index contributed by atoms with van der Waals surface area (Å²) >= 11 is 0. The number of carbonyl (C=O) groups is 1. The highest BCUT2D eigenvalue weighted by Crippen LogP contribution is 2.10. The maximum absolute atomic E-state index is 13.4. The van der Waals surface area contributed by atoms with E-state index in [9.17, 15) is 14.3 Å². The van der Waals surface area contributed by atoms with Crippen molar-refractivity contribution < 1.29 is 14.3 Å². The van der Waals surface area contributed by atoms with Crippen LogP contribution in [0.15, 0.2) is 18.2 Å². The van der Waals surface area contributed by atoms with E-state index in [0.29, 0.717) is 0 Å². The minimum Gasteiger partial charge on any atom is -0.389 e. The molecule has 3 nitrogen and oxygen atoms in total. The number of amides is 1. The van der Waals surface area contributed by atoms with Crippen molar-refractivity contribution >= 4 is 5.91 Å². The summed E-state index contributed by atoms with van der Waals surface area (Å²) in [7, 11) is 0. The van der Waals surface area contributed by atoms with Crippen molar-refractivity contribution in [1.29, 1.82) is 0 Å². The van der Waals surface area contributed by atoms with E-state index in [4.69, 9.17) is 0 Å². The summed E-state index contributed by atoms with van der Waals surface area (Å²) in [5.41, 5.74) is -0.247. The second-order valence-electron chi connectivity index (χ2n) is 4.48. The first-order chi connectivity index (χ1) is 7.29. The van der Waals surface area contributed by atoms with E-state index < -0.39 is 17.3 Å². The van der Waals surface area contributed by atoms with Crippen LogP contribution >= 0.6 is 0 Å². The van der Waals surface area contributed by atoms with E-state index in [-0.39, 0.29) is 12.1 Å². The molecule has 0 fully saturated rings. The molecule has 88 valence electrons. The number of carbonyl (C=O) groups excluding carboxylic acids is 1. The summed E-state index contributed by atoms with van der Waals surface area (Å²) in [5, 5.41) is 11.9. The molecule has 1 aromatic carbocycles. The number of hydrogen-bond donors (Lipinski definition) is 2. The fourth-order valence-electron chi connectivity index (χ4n) is 1.20. The van der Waals surface area contributed by atoms with Crippen LogP contribution in [-0.4, -0.2) is 23.2 Å². The van der Waals surface area contributed by atoms with Crippen LogP contribution in [0.5, 0.6) is 0 Å². The normalized spacial score (nSPS) is 11.3. The molecule has 0 saturated carbocycles. The van der Waals surface area contributed by atoms with Crippen LogP contribution in [0.1, 0.15) is 29.8 Å². The summed E-state index contributed by atoms with van der Waals surface area (Å²) in [4.78, 5) is 11.6. The molecule has 0 atom stereocenters. The minimum absolute atomic E-state index is 0.00477. The van der Waals surface area contributed by atoms with Gasteiger partial charge >= 0.3 is 0 Å². The first kappa shape index (κ1) is 12.6. The Morgan fingerprint density at radius 3 is 2.62 bits per heavy atom. The molecule has 0 saturated heterocycles. The van der Waals surface area contributed by atoms with E-state index >= 15 is 0 Å². The fourth-order valence-corrected chi connectivity index (χ4v) is 1.20. The first-order valence-electron chi connectivity index (χ1n) is 5.06. The van der Waals surface area contributed by atoms with Crippen molar-refractivity contribution in [3.63, 3.8) is 0 Å². The van der Waals surface area contributed by atoms with Gasteiger partial charge in [-0.05, 0) is 38.5 Å². The summed E-state index contributed by atoms with van der Waals surface area (Å²) < 4.78 is 13.4. The average Bonchev–Trinajstić information content (AvgIpc) is 2.13. The summed E-state index contributed by atoms with van der Waals surface area (Å²) in [6.45, 7) is 4.97. The molecule has 0 unspecified atom stereocenters. The Kier molecular flexibility index (Phi) is 3.65. The van der Waals surface area contributed by atoms with Crippen LogP contribution in [0, 0.1) is 12.7 Å². The van der Waals surface area contributed by atoms with Crippen LogP contribution in [0.25, 0.3) is 0 Å². The van der Waals surface area contributed by atoms with Gasteiger partial charge in [0.05, 0.1) is 11.2 Å². The van der Waals surface area contributed by atoms with Crippen LogP contribution in [0.4, 0.5) is 4.39 Å². The maximum atomic E-state index is 13.4. The highest BCUT2D eigenvalue weighted by Gasteiger charge is 2.16. The van der Waals surface area contributed by atoms with Crippen molar-refractivity contribution in [3.8, 4) is 0 Å². The standard InChI is InChI=1S/C12H16FNO2/c1-8-4-5-9(10(13)6-8)11(15)14-7-12(2,3)16/h4-6,16H,7H2,1-3H3,(H,14,15). The van der Waals surface area contributed by atoms with Gasteiger partial charge in [-0.2, -0.15) is 0 Å². The molecule has 2 N–H and O–H groups in total. The van der Waals surface area contributed by atoms with Gasteiger partial charge in [0.25, 0.3) is 5.91 Å². The Morgan fingerprint density at radius 2 is 2.12 bits per heavy atom. The molecule has 16 heavy (non-hydrogen) atoms. The smallest absolute Gasteiger partial charge is 0.254 e. The topological polar surface area (TPSA) is 49.3 Å². The number of aliphatic hydroxyl groups is 1. The molecule has 4 heteroatoms. The van der Waals surface area contributed by atoms with Crippen molar-refractivity contribution in [1.82, 2.24) is 5.32 Å². The van der Waals surface area contributed by atoms with E-state index in [1.54, 1.807) is 26.8 Å². The van der Waals surface area contributed by atoms with E-state index in [1.165, 1.54) is 12.1 Å². The van der Waals surface area contributed by atoms with Gasteiger partial charge in [0.15, 0.2) is 0 Å². The predicted octanol–water partition coefficient (Wildman–Crippen LogP) is 1.63. The van der Waals surface area contributed by atoms with E-state index in [0.717, 1.165) is 5.56 Å². The summed E-state index contributed by atoms with van der Waals surface area (Å²) in [6, 6.07) is 4.41. The lowest BCUT2D eigenvalue weighted by atomic mass is 10.1. The van der Waals surface area contributed by atoms with Gasteiger partial charge in [-0.1, -0.05) is 6.07 Å². The van der Waals surface area contributed by atoms with E-state index in [1.807, 2.05) is 0 Å². The van der Waals surface area contributed by atoms with Crippen LogP contribution in [0.2, 0.25) is 0 Å². The second kappa shape index (κ2) is 4.61. The third-order valence-electron chi connectivity index (χ3n) is 2.05. The molecule has 1 aromatic rings. The third-order valence-corrected chi connectivity index (χ3v) is 2.05. The monoisotopic (exact) mass is 225 g/mol. The molecule has 0 aliphatic carbocycles. The van der Waals surface area contributed by atoms with Crippen molar-refractivity contribution in [2.24, 2.45) is 0 Å². The number of aryl methyl sites for hydroxylation is 1. The zero-order valence-electron chi connectivity index (χ0n) is 9.67. The number of nitrogens with one attached hydrogen (secondary N) is 1. The Balaban J connectivity index is 2.74. The molecule has 1 rings (SSSR count). The number of benzene rings is 1. The Labute approximate surface area is 94.3 Å². The second-order valence-corrected chi connectivity index (χ2v) is 4.48. The first-order valence-corrected chi connectivity index (χ1v) is 5.06. The third kappa shape index (κ3) is 3.62. The van der Waals surface area contributed by atoms with Crippen LogP contribution in [-0.2, 0) is 0 Å². The predicted molar refractivity (Wildman–Crippen MR) is 59.8 cm³/mol. The SMILES string of the molecule is Cc1ccc(C(=O)NCC(C)(C)O)c(F)c1. The van der Waals surface area contributed by atoms with Crippen molar-refractivity contribution in [2.45, 2.75) is 26.4 Å². The number of hydrogen-bond acceptors (Lipinski definition) is 2. The number of halogens is 1. The zero-order chi connectivity index (χ0) is 12.3. The molecule has 0 heterocycles. The maximum Gasteiger partial charge on any atom is 0.254 e. The molecule has 0 spiro atoms. The number of rotatable bonds is 3. The molecule has 0 bridgehead atoms. The lowest BCUT2D eigenvalue weighted by Crippen LogP contribution is -2.38. The van der Waals surface area contributed by atoms with Gasteiger partial charge < -0.3 is 10.4 Å². The molecule has 1 amide bonds. The molecular weight excluding hydrogens is 209 g/mol. The average molecular weight is 225 g/mol. The lowest BCUT2D eigenvalue weighted by Gasteiger charge is -2.17. The van der Waals surface area contributed by atoms with Gasteiger partial charge in [-0.3, -0.25) is 4.79 Å². The van der Waals surface area contributed by atoms with Gasteiger partial charge in [-0.25, -0.2) is 4.39 Å². The molecule has 0 aliphatic rings. The highest BCUT2D eigenvalue weighted by atomic mass is 19.1. The van der Waals surface area contributed by atoms with Crippen LogP contribution in [0.3, 0.4) is 0 Å². The summed E-state index contributed by atoms with van der Waals surface area (Å²) in [6.07, 6.45) is 0. The van der Waals surface area contributed by atoms with Gasteiger partial charge in [0.1, 0.15) is 5.82 Å². The van der Waals surface area contributed by atoms with Gasteiger partial charge in [0.2, 0.25) is 0 Å². The van der Waals surface area contributed by atoms with Gasteiger partial charge in [-0.15, -0.1) is 0 Å². The van der Waals surface area contributed by atoms with Crippen LogP contribution < -0.4 is 5.32 Å². The highest BCUT2D eigenvalue weighted by molar-refractivity contribution is 5.94. The zero-order valence-corrected chi connectivity index (χ0v) is 9.67. The van der Waals surface area contributed by atoms with Crippen molar-refractivity contribution in [3.05, 3.63) is 35.1 Å². The van der Waals surface area contributed by atoms with Crippen molar-refractivity contribution in [2.75, 3.05) is 6.54 Å². The molecule has 0 aliphatic heterocycles.